The maximum atomic E-state index is 6.31. The number of nitrogens with two attached hydrogens (primary N) is 2. The van der Waals surface area contributed by atoms with Crippen molar-refractivity contribution >= 4 is 17.2 Å². The molecule has 6 heteroatoms. The van der Waals surface area contributed by atoms with Crippen LogP contribution in [-0.4, -0.2) is 37.2 Å². The maximum Gasteiger partial charge on any atom is 0.150 e. The Labute approximate surface area is 114 Å². The van der Waals surface area contributed by atoms with Crippen molar-refractivity contribution in [2.45, 2.75) is 19.9 Å². The molecule has 0 spiro atoms. The minimum Gasteiger partial charge on any atom is -0.397 e. The van der Waals surface area contributed by atoms with E-state index in [1.165, 1.54) is 0 Å². The van der Waals surface area contributed by atoms with Gasteiger partial charge in [-0.2, -0.15) is 0 Å². The van der Waals surface area contributed by atoms with Gasteiger partial charge in [-0.15, -0.1) is 0 Å². The molecule has 1 aliphatic heterocycles. The molecule has 1 aromatic heterocycles. The van der Waals surface area contributed by atoms with E-state index in [-0.39, 0.29) is 6.04 Å². The van der Waals surface area contributed by atoms with Crippen molar-refractivity contribution in [1.82, 2.24) is 9.99 Å². The Morgan fingerprint density at radius 3 is 2.63 bits per heavy atom. The van der Waals surface area contributed by atoms with Crippen molar-refractivity contribution in [3.05, 3.63) is 23.0 Å². The summed E-state index contributed by atoms with van der Waals surface area (Å²) in [6.45, 7) is 4.03. The minimum atomic E-state index is 0.0964. The van der Waals surface area contributed by atoms with Gasteiger partial charge >= 0.3 is 0 Å². The van der Waals surface area contributed by atoms with E-state index in [1.807, 2.05) is 34.1 Å². The van der Waals surface area contributed by atoms with E-state index in [4.69, 9.17) is 11.6 Å². The fraction of sp³-hybridized carbons (Fsp3) is 0.462. The van der Waals surface area contributed by atoms with Gasteiger partial charge in [-0.3, -0.25) is 0 Å². The van der Waals surface area contributed by atoms with Crippen LogP contribution in [0.15, 0.2) is 11.8 Å². The number of hydrazine groups is 1. The molecule has 0 fully saturated rings. The van der Waals surface area contributed by atoms with Gasteiger partial charge in [-0.05, 0) is 19.9 Å². The first-order valence-electron chi connectivity index (χ1n) is 6.29. The Hall–Kier alpha value is -1.95. The fourth-order valence-electron chi connectivity index (χ4n) is 2.63. The molecule has 0 bridgehead atoms. The zero-order valence-corrected chi connectivity index (χ0v) is 12.2. The number of fused-ring (bicyclic) bond motifs is 1. The van der Waals surface area contributed by atoms with Gasteiger partial charge in [0.15, 0.2) is 0 Å². The number of anilines is 2. The monoisotopic (exact) mass is 262 g/mol. The van der Waals surface area contributed by atoms with E-state index in [9.17, 15) is 0 Å². The highest BCUT2D eigenvalue weighted by molar-refractivity contribution is 5.87. The molecule has 104 valence electrons. The third kappa shape index (κ3) is 1.98. The van der Waals surface area contributed by atoms with Gasteiger partial charge in [0.2, 0.25) is 0 Å². The molecular weight excluding hydrogens is 240 g/mol. The van der Waals surface area contributed by atoms with Crippen LogP contribution in [0.3, 0.4) is 0 Å². The van der Waals surface area contributed by atoms with Gasteiger partial charge in [0.25, 0.3) is 0 Å². The summed E-state index contributed by atoms with van der Waals surface area (Å²) in [5, 5.41) is 4.73. The highest BCUT2D eigenvalue weighted by Gasteiger charge is 2.31. The SMILES string of the molecule is CNc1nc(C)cc2c1N(C)C(C)C(N(C)N)=C2N. The van der Waals surface area contributed by atoms with Crippen LogP contribution < -0.4 is 21.8 Å². The Balaban J connectivity index is 2.75. The molecule has 0 amide bonds. The molecule has 1 unspecified atom stereocenters. The molecule has 0 aliphatic carbocycles. The lowest BCUT2D eigenvalue weighted by molar-refractivity contribution is 0.405. The zero-order chi connectivity index (χ0) is 14.3. The lowest BCUT2D eigenvalue weighted by Gasteiger charge is -2.39. The van der Waals surface area contributed by atoms with Crippen LogP contribution in [0.25, 0.3) is 5.70 Å². The molecule has 6 nitrogen and oxygen atoms in total. The normalized spacial score (nSPS) is 18.4. The second-order valence-electron chi connectivity index (χ2n) is 4.96. The quantitative estimate of drug-likeness (QED) is 0.537. The predicted octanol–water partition coefficient (Wildman–Crippen LogP) is 0.703. The number of aryl methyl sites for hydroxylation is 1. The lowest BCUT2D eigenvalue weighted by atomic mass is 9.98. The Morgan fingerprint density at radius 2 is 2.11 bits per heavy atom. The number of aromatic nitrogens is 1. The Morgan fingerprint density at radius 1 is 1.47 bits per heavy atom. The molecule has 1 atom stereocenters. The third-order valence-electron chi connectivity index (χ3n) is 3.63. The molecule has 5 N–H and O–H groups in total. The molecule has 2 rings (SSSR count). The molecular formula is C13H22N6. The van der Waals surface area contributed by atoms with Crippen molar-refractivity contribution in [3.63, 3.8) is 0 Å². The van der Waals surface area contributed by atoms with Gasteiger partial charge in [0.05, 0.1) is 23.1 Å². The summed E-state index contributed by atoms with van der Waals surface area (Å²) >= 11 is 0. The molecule has 0 saturated heterocycles. The Bertz CT molecular complexity index is 534. The van der Waals surface area contributed by atoms with Crippen molar-refractivity contribution in [2.24, 2.45) is 11.6 Å². The number of nitrogens with one attached hydrogen (secondary N) is 1. The van der Waals surface area contributed by atoms with E-state index >= 15 is 0 Å². The average Bonchev–Trinajstić information content (AvgIpc) is 2.34. The zero-order valence-electron chi connectivity index (χ0n) is 12.2. The van der Waals surface area contributed by atoms with Crippen molar-refractivity contribution in [3.8, 4) is 0 Å². The van der Waals surface area contributed by atoms with E-state index < -0.39 is 0 Å². The summed E-state index contributed by atoms with van der Waals surface area (Å²) in [7, 11) is 5.70. The first kappa shape index (κ1) is 13.5. The van der Waals surface area contributed by atoms with Crippen LogP contribution in [0.2, 0.25) is 0 Å². The highest BCUT2D eigenvalue weighted by Crippen LogP contribution is 2.39. The maximum absolute atomic E-state index is 6.31. The van der Waals surface area contributed by atoms with Crippen molar-refractivity contribution < 1.29 is 0 Å². The van der Waals surface area contributed by atoms with Crippen LogP contribution in [-0.2, 0) is 0 Å². The predicted molar refractivity (Wildman–Crippen MR) is 79.4 cm³/mol. The number of likely N-dealkylation sites (N-methyl/N-ethyl adjacent to an activating group) is 2. The van der Waals surface area contributed by atoms with Crippen LogP contribution >= 0.6 is 0 Å². The first-order valence-corrected chi connectivity index (χ1v) is 6.29. The summed E-state index contributed by atoms with van der Waals surface area (Å²) < 4.78 is 0. The fourth-order valence-corrected chi connectivity index (χ4v) is 2.63. The summed E-state index contributed by atoms with van der Waals surface area (Å²) in [6, 6.07) is 2.09. The summed E-state index contributed by atoms with van der Waals surface area (Å²) in [6.07, 6.45) is 0. The molecule has 1 aromatic rings. The molecule has 2 heterocycles. The summed E-state index contributed by atoms with van der Waals surface area (Å²) in [5.74, 6) is 6.75. The van der Waals surface area contributed by atoms with E-state index in [1.54, 1.807) is 5.01 Å². The van der Waals surface area contributed by atoms with E-state index in [0.29, 0.717) is 5.70 Å². The number of hydrogen-bond acceptors (Lipinski definition) is 6. The number of pyridine rings is 1. The van der Waals surface area contributed by atoms with Gasteiger partial charge in [-0.25, -0.2) is 10.8 Å². The molecule has 0 aromatic carbocycles. The summed E-state index contributed by atoms with van der Waals surface area (Å²) in [5.41, 5.74) is 10.9. The molecule has 0 radical (unpaired) electrons. The van der Waals surface area contributed by atoms with Crippen LogP contribution in [0, 0.1) is 6.92 Å². The van der Waals surface area contributed by atoms with Gasteiger partial charge in [0, 0.05) is 32.4 Å². The molecule has 19 heavy (non-hydrogen) atoms. The van der Waals surface area contributed by atoms with Gasteiger partial charge in [0.1, 0.15) is 5.82 Å². The molecule has 0 saturated carbocycles. The second kappa shape index (κ2) is 4.62. The third-order valence-corrected chi connectivity index (χ3v) is 3.63. The Kier molecular flexibility index (Phi) is 3.28. The van der Waals surface area contributed by atoms with Gasteiger partial charge in [-0.1, -0.05) is 0 Å². The standard InChI is InChI=1S/C13H22N6/c1-7-6-9-10(14)11(19(5)15)8(2)18(4)12(9)13(16-3)17-7/h6,8H,14-15H2,1-5H3,(H,16,17). The van der Waals surface area contributed by atoms with Gasteiger partial charge < -0.3 is 21.0 Å². The minimum absolute atomic E-state index is 0.0964. The van der Waals surface area contributed by atoms with Crippen LogP contribution in [0.1, 0.15) is 18.2 Å². The van der Waals surface area contributed by atoms with Crippen molar-refractivity contribution in [1.29, 1.82) is 0 Å². The number of rotatable bonds is 2. The van der Waals surface area contributed by atoms with E-state index in [2.05, 4.69) is 22.1 Å². The smallest absolute Gasteiger partial charge is 0.150 e. The molecule has 1 aliphatic rings. The summed E-state index contributed by atoms with van der Waals surface area (Å²) in [4.78, 5) is 6.66. The lowest BCUT2D eigenvalue weighted by Crippen LogP contribution is -2.44. The first-order chi connectivity index (χ1) is 8.88. The largest absolute Gasteiger partial charge is 0.397 e. The van der Waals surface area contributed by atoms with Crippen molar-refractivity contribution in [2.75, 3.05) is 31.4 Å². The average molecular weight is 262 g/mol. The number of hydrogen-bond donors (Lipinski definition) is 3. The van der Waals surface area contributed by atoms with E-state index in [0.717, 1.165) is 28.5 Å². The second-order valence-corrected chi connectivity index (χ2v) is 4.96. The van der Waals surface area contributed by atoms with Crippen LogP contribution in [0.4, 0.5) is 11.5 Å². The highest BCUT2D eigenvalue weighted by atomic mass is 15.4. The topological polar surface area (TPSA) is 83.4 Å². The number of nitrogens with zero attached hydrogens (tertiary/aromatic N) is 3. The van der Waals surface area contributed by atoms with Crippen LogP contribution in [0.5, 0.6) is 0 Å².